The standard InChI is InChI=1S/C17H14F2N2S/c1-2-3-11-6-7-20-9-13(11)17-21-16(10-22-17)12-4-5-14(18)15(19)8-12/h4-10H,2-3H2,1H3. The molecule has 3 aromatic rings. The molecule has 0 atom stereocenters. The zero-order chi connectivity index (χ0) is 15.5. The average Bonchev–Trinajstić information content (AvgIpc) is 3.01. The van der Waals surface area contributed by atoms with Crippen LogP contribution >= 0.6 is 11.3 Å². The molecule has 2 nitrogen and oxygen atoms in total. The summed E-state index contributed by atoms with van der Waals surface area (Å²) in [5.41, 5.74) is 3.42. The molecule has 0 unspecified atom stereocenters. The third kappa shape index (κ3) is 2.90. The zero-order valence-electron chi connectivity index (χ0n) is 12.0. The first-order valence-corrected chi connectivity index (χ1v) is 7.91. The summed E-state index contributed by atoms with van der Waals surface area (Å²) in [5, 5.41) is 2.70. The van der Waals surface area contributed by atoms with E-state index in [4.69, 9.17) is 0 Å². The number of aromatic nitrogens is 2. The molecular formula is C17H14F2N2S. The molecule has 2 aromatic heterocycles. The minimum atomic E-state index is -0.861. The molecule has 0 spiro atoms. The van der Waals surface area contributed by atoms with E-state index in [1.54, 1.807) is 12.4 Å². The first-order valence-electron chi connectivity index (χ1n) is 7.03. The molecule has 5 heteroatoms. The SMILES string of the molecule is CCCc1ccncc1-c1nc(-c2ccc(F)c(F)c2)cs1. The largest absolute Gasteiger partial charge is 0.264 e. The van der Waals surface area contributed by atoms with Gasteiger partial charge in [-0.2, -0.15) is 0 Å². The smallest absolute Gasteiger partial charge is 0.159 e. The Morgan fingerprint density at radius 2 is 2.00 bits per heavy atom. The fourth-order valence-electron chi connectivity index (χ4n) is 2.29. The van der Waals surface area contributed by atoms with Gasteiger partial charge in [-0.15, -0.1) is 11.3 Å². The number of nitrogens with zero attached hydrogens (tertiary/aromatic N) is 2. The Balaban J connectivity index is 1.99. The van der Waals surface area contributed by atoms with Crippen molar-refractivity contribution in [3.63, 3.8) is 0 Å². The highest BCUT2D eigenvalue weighted by molar-refractivity contribution is 7.13. The topological polar surface area (TPSA) is 25.8 Å². The van der Waals surface area contributed by atoms with Crippen LogP contribution < -0.4 is 0 Å². The number of hydrogen-bond acceptors (Lipinski definition) is 3. The van der Waals surface area contributed by atoms with Gasteiger partial charge in [0.25, 0.3) is 0 Å². The average molecular weight is 316 g/mol. The number of hydrogen-bond donors (Lipinski definition) is 0. The molecule has 22 heavy (non-hydrogen) atoms. The van der Waals surface area contributed by atoms with Crippen molar-refractivity contribution in [2.24, 2.45) is 0 Å². The predicted molar refractivity (Wildman–Crippen MR) is 84.7 cm³/mol. The van der Waals surface area contributed by atoms with Crippen LogP contribution in [0, 0.1) is 11.6 Å². The molecule has 0 bridgehead atoms. The van der Waals surface area contributed by atoms with Crippen molar-refractivity contribution in [1.29, 1.82) is 0 Å². The highest BCUT2D eigenvalue weighted by atomic mass is 32.1. The molecule has 0 aliphatic heterocycles. The normalized spacial score (nSPS) is 10.9. The number of rotatable bonds is 4. The highest BCUT2D eigenvalue weighted by Crippen LogP contribution is 2.31. The maximum absolute atomic E-state index is 13.3. The Hall–Kier alpha value is -2.14. The first-order chi connectivity index (χ1) is 10.7. The molecule has 1 aromatic carbocycles. The van der Waals surface area contributed by atoms with Crippen LogP contribution in [0.4, 0.5) is 8.78 Å². The van der Waals surface area contributed by atoms with Crippen LogP contribution in [-0.2, 0) is 6.42 Å². The summed E-state index contributed by atoms with van der Waals surface area (Å²) in [6, 6.07) is 5.82. The lowest BCUT2D eigenvalue weighted by Crippen LogP contribution is -1.90. The molecular weight excluding hydrogens is 302 g/mol. The summed E-state index contributed by atoms with van der Waals surface area (Å²) < 4.78 is 26.4. The number of benzene rings is 1. The lowest BCUT2D eigenvalue weighted by Gasteiger charge is -2.04. The van der Waals surface area contributed by atoms with E-state index >= 15 is 0 Å². The second-order valence-electron chi connectivity index (χ2n) is 4.95. The molecule has 0 N–H and O–H groups in total. The summed E-state index contributed by atoms with van der Waals surface area (Å²) in [6.07, 6.45) is 5.58. The predicted octanol–water partition coefficient (Wildman–Crippen LogP) is 5.10. The van der Waals surface area contributed by atoms with Gasteiger partial charge >= 0.3 is 0 Å². The zero-order valence-corrected chi connectivity index (χ0v) is 12.8. The minimum absolute atomic E-state index is 0.572. The monoisotopic (exact) mass is 316 g/mol. The Morgan fingerprint density at radius 1 is 1.14 bits per heavy atom. The Labute approximate surface area is 131 Å². The fraction of sp³-hybridized carbons (Fsp3) is 0.176. The van der Waals surface area contributed by atoms with E-state index in [2.05, 4.69) is 16.9 Å². The third-order valence-corrected chi connectivity index (χ3v) is 4.26. The van der Waals surface area contributed by atoms with Gasteiger partial charge in [-0.05, 0) is 36.2 Å². The van der Waals surface area contributed by atoms with Gasteiger partial charge in [0, 0.05) is 28.9 Å². The van der Waals surface area contributed by atoms with Crippen molar-refractivity contribution in [1.82, 2.24) is 9.97 Å². The van der Waals surface area contributed by atoms with E-state index in [1.807, 2.05) is 11.4 Å². The van der Waals surface area contributed by atoms with Gasteiger partial charge in [-0.1, -0.05) is 13.3 Å². The van der Waals surface area contributed by atoms with Gasteiger partial charge in [-0.3, -0.25) is 4.98 Å². The van der Waals surface area contributed by atoms with Crippen LogP contribution in [0.5, 0.6) is 0 Å². The van der Waals surface area contributed by atoms with Crippen LogP contribution in [-0.4, -0.2) is 9.97 Å². The fourth-order valence-corrected chi connectivity index (χ4v) is 3.16. The molecule has 0 fully saturated rings. The molecule has 0 saturated heterocycles. The Kier molecular flexibility index (Phi) is 4.24. The second-order valence-corrected chi connectivity index (χ2v) is 5.81. The van der Waals surface area contributed by atoms with E-state index in [9.17, 15) is 8.78 Å². The lowest BCUT2D eigenvalue weighted by molar-refractivity contribution is 0.509. The van der Waals surface area contributed by atoms with Gasteiger partial charge in [0.15, 0.2) is 11.6 Å². The quantitative estimate of drug-likeness (QED) is 0.669. The van der Waals surface area contributed by atoms with E-state index in [-0.39, 0.29) is 0 Å². The van der Waals surface area contributed by atoms with Crippen LogP contribution in [0.25, 0.3) is 21.8 Å². The lowest BCUT2D eigenvalue weighted by atomic mass is 10.1. The van der Waals surface area contributed by atoms with E-state index in [1.165, 1.54) is 29.0 Å². The molecule has 0 radical (unpaired) electrons. The van der Waals surface area contributed by atoms with E-state index < -0.39 is 11.6 Å². The van der Waals surface area contributed by atoms with Crippen molar-refractivity contribution in [2.75, 3.05) is 0 Å². The van der Waals surface area contributed by atoms with Gasteiger partial charge < -0.3 is 0 Å². The summed E-state index contributed by atoms with van der Waals surface area (Å²) in [4.78, 5) is 8.72. The summed E-state index contributed by atoms with van der Waals surface area (Å²) in [6.45, 7) is 2.12. The Bertz CT molecular complexity index is 799. The van der Waals surface area contributed by atoms with Crippen LogP contribution in [0.2, 0.25) is 0 Å². The number of aryl methyl sites for hydroxylation is 1. The number of pyridine rings is 1. The maximum atomic E-state index is 13.3. The van der Waals surface area contributed by atoms with Crippen molar-refractivity contribution in [2.45, 2.75) is 19.8 Å². The van der Waals surface area contributed by atoms with Crippen molar-refractivity contribution < 1.29 is 8.78 Å². The van der Waals surface area contributed by atoms with E-state index in [0.29, 0.717) is 11.3 Å². The molecule has 3 rings (SSSR count). The Morgan fingerprint density at radius 3 is 2.77 bits per heavy atom. The van der Waals surface area contributed by atoms with Gasteiger partial charge in [0.1, 0.15) is 5.01 Å². The van der Waals surface area contributed by atoms with Gasteiger partial charge in [-0.25, -0.2) is 13.8 Å². The first kappa shape index (κ1) is 14.8. The molecule has 0 saturated carbocycles. The van der Waals surface area contributed by atoms with Crippen LogP contribution in [0.1, 0.15) is 18.9 Å². The van der Waals surface area contributed by atoms with Gasteiger partial charge in [0.2, 0.25) is 0 Å². The minimum Gasteiger partial charge on any atom is -0.264 e. The highest BCUT2D eigenvalue weighted by Gasteiger charge is 2.12. The van der Waals surface area contributed by atoms with Crippen molar-refractivity contribution >= 4 is 11.3 Å². The molecule has 2 heterocycles. The van der Waals surface area contributed by atoms with Crippen LogP contribution in [0.15, 0.2) is 42.0 Å². The van der Waals surface area contributed by atoms with Gasteiger partial charge in [0.05, 0.1) is 5.69 Å². The summed E-state index contributed by atoms with van der Waals surface area (Å²) in [7, 11) is 0. The third-order valence-electron chi connectivity index (χ3n) is 3.38. The van der Waals surface area contributed by atoms with Crippen LogP contribution in [0.3, 0.4) is 0 Å². The molecule has 0 aliphatic carbocycles. The number of thiazole rings is 1. The van der Waals surface area contributed by atoms with E-state index in [0.717, 1.165) is 29.5 Å². The summed E-state index contributed by atoms with van der Waals surface area (Å²) >= 11 is 1.48. The van der Waals surface area contributed by atoms with Crippen molar-refractivity contribution in [3.05, 3.63) is 59.2 Å². The second kappa shape index (κ2) is 6.32. The maximum Gasteiger partial charge on any atom is 0.159 e. The molecule has 112 valence electrons. The molecule has 0 amide bonds. The molecule has 0 aliphatic rings. The summed E-state index contributed by atoms with van der Waals surface area (Å²) in [5.74, 6) is -1.71. The number of halogens is 2. The van der Waals surface area contributed by atoms with Crippen molar-refractivity contribution in [3.8, 4) is 21.8 Å².